The number of ether oxygens (including phenoxy) is 2. The Balaban J connectivity index is 1.53. The molecule has 0 aliphatic carbocycles. The number of aromatic nitrogens is 5. The maximum Gasteiger partial charge on any atom is 0.214 e. The molecule has 9 heteroatoms. The van der Waals surface area contributed by atoms with Gasteiger partial charge in [-0.2, -0.15) is 4.68 Å². The molecule has 2 aromatic heterocycles. The molecule has 4 rings (SSSR count). The smallest absolute Gasteiger partial charge is 0.214 e. The van der Waals surface area contributed by atoms with Gasteiger partial charge < -0.3 is 9.47 Å². The lowest BCUT2D eigenvalue weighted by Gasteiger charge is -2.10. The third-order valence-corrected chi connectivity index (χ3v) is 6.59. The average molecular weight is 440 g/mol. The van der Waals surface area contributed by atoms with Gasteiger partial charge in [-0.05, 0) is 59.7 Å². The fourth-order valence-corrected chi connectivity index (χ4v) is 4.71. The Morgan fingerprint density at radius 1 is 1.07 bits per heavy atom. The number of hydrogen-bond acceptors (Lipinski definition) is 8. The molecular formula is C21H21N5O2S2. The molecule has 0 saturated heterocycles. The van der Waals surface area contributed by atoms with E-state index in [0.29, 0.717) is 17.3 Å². The van der Waals surface area contributed by atoms with Gasteiger partial charge in [0.05, 0.1) is 31.2 Å². The predicted octanol–water partition coefficient (Wildman–Crippen LogP) is 4.71. The minimum atomic E-state index is 0.661. The normalized spacial score (nSPS) is 10.9. The molecule has 0 fully saturated rings. The highest BCUT2D eigenvalue weighted by Crippen LogP contribution is 2.39. The second-order valence-electron chi connectivity index (χ2n) is 6.62. The van der Waals surface area contributed by atoms with Crippen molar-refractivity contribution in [3.63, 3.8) is 0 Å². The fraction of sp³-hybridized carbons (Fsp3) is 0.238. The number of hydrogen-bond donors (Lipinski definition) is 0. The lowest BCUT2D eigenvalue weighted by atomic mass is 10.1. The molecule has 0 unspecified atom stereocenters. The van der Waals surface area contributed by atoms with E-state index in [1.165, 1.54) is 11.1 Å². The van der Waals surface area contributed by atoms with Crippen molar-refractivity contribution >= 4 is 23.1 Å². The van der Waals surface area contributed by atoms with Gasteiger partial charge in [-0.3, -0.25) is 0 Å². The molecule has 154 valence electrons. The van der Waals surface area contributed by atoms with Crippen molar-refractivity contribution in [2.45, 2.75) is 24.8 Å². The highest BCUT2D eigenvalue weighted by atomic mass is 32.2. The molecule has 7 nitrogen and oxygen atoms in total. The number of methoxy groups -OCH3 is 2. The summed E-state index contributed by atoms with van der Waals surface area (Å²) in [5.74, 6) is 2.04. The molecule has 4 aromatic rings. The highest BCUT2D eigenvalue weighted by Gasteiger charge is 2.16. The van der Waals surface area contributed by atoms with Crippen molar-refractivity contribution in [1.82, 2.24) is 25.2 Å². The molecule has 0 bridgehead atoms. The molecule has 0 aliphatic rings. The van der Waals surface area contributed by atoms with Crippen LogP contribution in [0.1, 0.15) is 16.8 Å². The van der Waals surface area contributed by atoms with Crippen molar-refractivity contribution in [1.29, 1.82) is 0 Å². The van der Waals surface area contributed by atoms with E-state index in [1.807, 2.05) is 29.6 Å². The van der Waals surface area contributed by atoms with Crippen LogP contribution in [0.25, 0.3) is 16.3 Å². The second kappa shape index (κ2) is 8.85. The number of tetrazole rings is 1. The zero-order chi connectivity index (χ0) is 21.1. The minimum Gasteiger partial charge on any atom is -0.493 e. The van der Waals surface area contributed by atoms with Crippen LogP contribution < -0.4 is 9.47 Å². The third kappa shape index (κ3) is 4.03. The Morgan fingerprint density at radius 3 is 2.70 bits per heavy atom. The average Bonchev–Trinajstić information content (AvgIpc) is 3.43. The minimum absolute atomic E-state index is 0.661. The van der Waals surface area contributed by atoms with Gasteiger partial charge in [0, 0.05) is 11.1 Å². The molecule has 0 aliphatic heterocycles. The van der Waals surface area contributed by atoms with E-state index in [9.17, 15) is 0 Å². The quantitative estimate of drug-likeness (QED) is 0.386. The van der Waals surface area contributed by atoms with Crippen LogP contribution in [0.2, 0.25) is 0 Å². The molecule has 0 atom stereocenters. The molecule has 0 spiro atoms. The van der Waals surface area contributed by atoms with Crippen LogP contribution in [-0.4, -0.2) is 39.4 Å². The molecule has 2 heterocycles. The largest absolute Gasteiger partial charge is 0.493 e. The van der Waals surface area contributed by atoms with E-state index < -0.39 is 0 Å². The second-order valence-corrected chi connectivity index (χ2v) is 8.42. The summed E-state index contributed by atoms with van der Waals surface area (Å²) >= 11 is 3.13. The molecule has 0 amide bonds. The van der Waals surface area contributed by atoms with Crippen LogP contribution in [0.4, 0.5) is 0 Å². The van der Waals surface area contributed by atoms with E-state index in [1.54, 1.807) is 42.0 Å². The Hall–Kier alpha value is -2.91. The summed E-state index contributed by atoms with van der Waals surface area (Å²) in [6.45, 7) is 4.17. The first-order valence-corrected chi connectivity index (χ1v) is 11.1. The number of aryl methyl sites for hydroxylation is 2. The van der Waals surface area contributed by atoms with Gasteiger partial charge in [0.25, 0.3) is 0 Å². The van der Waals surface area contributed by atoms with Crippen molar-refractivity contribution in [3.8, 4) is 27.8 Å². The maximum absolute atomic E-state index is 5.54. The first-order valence-electron chi connectivity index (χ1n) is 9.25. The Bertz CT molecular complexity index is 1170. The summed E-state index contributed by atoms with van der Waals surface area (Å²) in [5, 5.41) is 15.8. The van der Waals surface area contributed by atoms with Crippen molar-refractivity contribution in [2.75, 3.05) is 14.2 Å². The zero-order valence-corrected chi connectivity index (χ0v) is 18.8. The van der Waals surface area contributed by atoms with Gasteiger partial charge in [-0.1, -0.05) is 23.9 Å². The number of thioether (sulfide) groups is 1. The number of para-hydroxylation sites is 1. The Labute approximate surface area is 183 Å². The summed E-state index contributed by atoms with van der Waals surface area (Å²) < 4.78 is 12.7. The van der Waals surface area contributed by atoms with Crippen molar-refractivity contribution in [3.05, 3.63) is 58.6 Å². The fourth-order valence-electron chi connectivity index (χ4n) is 2.98. The Kier molecular flexibility index (Phi) is 6.01. The van der Waals surface area contributed by atoms with E-state index in [-0.39, 0.29) is 0 Å². The summed E-state index contributed by atoms with van der Waals surface area (Å²) in [7, 11) is 3.27. The first kappa shape index (κ1) is 20.4. The topological polar surface area (TPSA) is 75.0 Å². The van der Waals surface area contributed by atoms with Crippen LogP contribution in [0.5, 0.6) is 11.5 Å². The van der Waals surface area contributed by atoms with E-state index in [4.69, 9.17) is 14.5 Å². The third-order valence-electron chi connectivity index (χ3n) is 4.71. The molecule has 30 heavy (non-hydrogen) atoms. The maximum atomic E-state index is 5.54. The Morgan fingerprint density at radius 2 is 1.93 bits per heavy atom. The number of rotatable bonds is 7. The first-order chi connectivity index (χ1) is 14.6. The van der Waals surface area contributed by atoms with Gasteiger partial charge in [-0.15, -0.1) is 16.4 Å². The van der Waals surface area contributed by atoms with Crippen LogP contribution in [0.3, 0.4) is 0 Å². The molecule has 2 aromatic carbocycles. The zero-order valence-electron chi connectivity index (χ0n) is 17.1. The summed E-state index contributed by atoms with van der Waals surface area (Å²) in [5.41, 5.74) is 5.27. The molecular weight excluding hydrogens is 418 g/mol. The van der Waals surface area contributed by atoms with E-state index in [0.717, 1.165) is 27.1 Å². The molecule has 0 N–H and O–H groups in total. The van der Waals surface area contributed by atoms with Crippen molar-refractivity contribution < 1.29 is 9.47 Å². The molecule has 0 saturated carbocycles. The lowest BCUT2D eigenvalue weighted by Crippen LogP contribution is -2.00. The van der Waals surface area contributed by atoms with Gasteiger partial charge in [-0.25, -0.2) is 4.98 Å². The number of nitrogens with zero attached hydrogens (tertiary/aromatic N) is 5. The monoisotopic (exact) mass is 439 g/mol. The lowest BCUT2D eigenvalue weighted by molar-refractivity contribution is 0.356. The number of thiazole rings is 1. The van der Waals surface area contributed by atoms with Gasteiger partial charge in [0.15, 0.2) is 11.5 Å². The van der Waals surface area contributed by atoms with E-state index >= 15 is 0 Å². The van der Waals surface area contributed by atoms with Crippen LogP contribution in [0, 0.1) is 13.8 Å². The predicted molar refractivity (Wildman–Crippen MR) is 119 cm³/mol. The van der Waals surface area contributed by atoms with Crippen LogP contribution >= 0.6 is 23.1 Å². The van der Waals surface area contributed by atoms with Crippen LogP contribution in [-0.2, 0) is 5.75 Å². The highest BCUT2D eigenvalue weighted by molar-refractivity contribution is 7.98. The summed E-state index contributed by atoms with van der Waals surface area (Å²) in [6.07, 6.45) is 0. The van der Waals surface area contributed by atoms with Crippen LogP contribution in [0.15, 0.2) is 46.9 Å². The standard InChI is InChI=1S/C21H21N5O2S2/c1-13-8-9-16(10-14(13)2)26-21(23-24-25-26)30-12-15-11-29-20(22-15)17-6-5-7-18(27-3)19(17)28-4/h5-11H,12H2,1-4H3. The van der Waals surface area contributed by atoms with Gasteiger partial charge in [0.2, 0.25) is 5.16 Å². The number of benzene rings is 2. The SMILES string of the molecule is COc1cccc(-c2nc(CSc3nnnn3-c3ccc(C)c(C)c3)cs2)c1OC. The van der Waals surface area contributed by atoms with Crippen molar-refractivity contribution in [2.24, 2.45) is 0 Å². The van der Waals surface area contributed by atoms with E-state index in [2.05, 4.69) is 41.5 Å². The van der Waals surface area contributed by atoms with Gasteiger partial charge >= 0.3 is 0 Å². The van der Waals surface area contributed by atoms with Gasteiger partial charge in [0.1, 0.15) is 5.01 Å². The summed E-state index contributed by atoms with van der Waals surface area (Å²) in [4.78, 5) is 4.78. The molecule has 0 radical (unpaired) electrons. The summed E-state index contributed by atoms with van der Waals surface area (Å²) in [6, 6.07) is 12.0.